The lowest BCUT2D eigenvalue weighted by molar-refractivity contribution is -0.127. The molecule has 23 heavy (non-hydrogen) atoms. The van der Waals surface area contributed by atoms with Crippen molar-refractivity contribution in [2.75, 3.05) is 13.1 Å². The molecule has 1 rings (SSSR count). The van der Waals surface area contributed by atoms with Crippen molar-refractivity contribution in [1.29, 1.82) is 0 Å². The van der Waals surface area contributed by atoms with Crippen molar-refractivity contribution in [2.24, 2.45) is 0 Å². The van der Waals surface area contributed by atoms with Crippen LogP contribution in [0, 0.1) is 0 Å². The lowest BCUT2D eigenvalue weighted by Crippen LogP contribution is -2.41. The Hall–Kier alpha value is -1.75. The minimum atomic E-state index is -0.609. The van der Waals surface area contributed by atoms with E-state index in [1.54, 1.807) is 13.8 Å². The zero-order chi connectivity index (χ0) is 17.4. The Kier molecular flexibility index (Phi) is 7.89. The number of amides is 2. The summed E-state index contributed by atoms with van der Waals surface area (Å²) in [6, 6.07) is 7.71. The number of halogens is 1. The topological polar surface area (TPSA) is 67.4 Å². The zero-order valence-corrected chi connectivity index (χ0v) is 14.8. The quantitative estimate of drug-likeness (QED) is 0.564. The molecular formula is C17H25ClN2O3. The van der Waals surface area contributed by atoms with E-state index in [0.717, 1.165) is 0 Å². The molecule has 5 nitrogen and oxygen atoms in total. The van der Waals surface area contributed by atoms with Gasteiger partial charge in [-0.05, 0) is 37.5 Å². The lowest BCUT2D eigenvalue weighted by Gasteiger charge is -2.15. The van der Waals surface area contributed by atoms with Crippen LogP contribution in [0.25, 0.3) is 0 Å². The number of carbonyl (C=O) groups excluding carboxylic acids is 2. The summed E-state index contributed by atoms with van der Waals surface area (Å²) < 4.78 is 5.61. The molecule has 0 spiro atoms. The zero-order valence-electron chi connectivity index (χ0n) is 14.1. The molecule has 2 amide bonds. The van der Waals surface area contributed by atoms with Crippen LogP contribution in [-0.2, 0) is 9.59 Å². The van der Waals surface area contributed by atoms with Gasteiger partial charge in [-0.25, -0.2) is 0 Å². The van der Waals surface area contributed by atoms with Crippen molar-refractivity contribution < 1.29 is 14.3 Å². The predicted molar refractivity (Wildman–Crippen MR) is 92.0 cm³/mol. The number of hydrogen-bond donors (Lipinski definition) is 2. The third kappa shape index (κ3) is 6.91. The molecule has 0 heterocycles. The second kappa shape index (κ2) is 9.40. The summed E-state index contributed by atoms with van der Waals surface area (Å²) in [5, 5.41) is 4.74. The van der Waals surface area contributed by atoms with Gasteiger partial charge in [-0.3, -0.25) is 9.59 Å². The van der Waals surface area contributed by atoms with Gasteiger partial charge in [-0.1, -0.05) is 26.0 Å². The van der Waals surface area contributed by atoms with Crippen molar-refractivity contribution in [1.82, 2.24) is 10.6 Å². The summed E-state index contributed by atoms with van der Waals surface area (Å²) in [5.41, 5.74) is 1.22. The van der Waals surface area contributed by atoms with Crippen LogP contribution in [0.5, 0.6) is 5.75 Å². The van der Waals surface area contributed by atoms with Crippen LogP contribution in [0.1, 0.15) is 39.2 Å². The molecule has 2 unspecified atom stereocenters. The van der Waals surface area contributed by atoms with Gasteiger partial charge in [0.05, 0.1) is 0 Å². The summed E-state index contributed by atoms with van der Waals surface area (Å²) in [4.78, 5) is 23.2. The van der Waals surface area contributed by atoms with E-state index in [1.165, 1.54) is 5.56 Å². The van der Waals surface area contributed by atoms with E-state index in [9.17, 15) is 9.59 Å². The van der Waals surface area contributed by atoms with E-state index >= 15 is 0 Å². The average Bonchev–Trinajstić information content (AvgIpc) is 2.51. The largest absolute Gasteiger partial charge is 0.481 e. The van der Waals surface area contributed by atoms with Gasteiger partial charge in [-0.15, -0.1) is 11.6 Å². The highest BCUT2D eigenvalue weighted by Crippen LogP contribution is 2.19. The molecule has 0 saturated carbocycles. The van der Waals surface area contributed by atoms with Gasteiger partial charge in [0.2, 0.25) is 5.91 Å². The van der Waals surface area contributed by atoms with E-state index in [1.807, 2.05) is 24.3 Å². The summed E-state index contributed by atoms with van der Waals surface area (Å²) in [6.07, 6.45) is -0.609. The molecule has 0 aliphatic carbocycles. The molecular weight excluding hydrogens is 316 g/mol. The number of benzene rings is 1. The number of hydrogen-bond acceptors (Lipinski definition) is 3. The molecule has 1 aromatic rings. The summed E-state index contributed by atoms with van der Waals surface area (Å²) in [5.74, 6) is 0.624. The first kappa shape index (κ1) is 19.3. The van der Waals surface area contributed by atoms with Crippen molar-refractivity contribution in [2.45, 2.75) is 45.1 Å². The highest BCUT2D eigenvalue weighted by atomic mass is 35.5. The molecule has 0 fully saturated rings. The molecule has 6 heteroatoms. The minimum Gasteiger partial charge on any atom is -0.481 e. The number of alkyl halides is 1. The fourth-order valence-electron chi connectivity index (χ4n) is 1.84. The molecule has 0 aliphatic rings. The first-order chi connectivity index (χ1) is 10.8. The number of ether oxygens (including phenoxy) is 1. The summed E-state index contributed by atoms with van der Waals surface area (Å²) in [6.45, 7) is 8.18. The van der Waals surface area contributed by atoms with Gasteiger partial charge in [-0.2, -0.15) is 0 Å². The fourth-order valence-corrected chi connectivity index (χ4v) is 1.92. The predicted octanol–water partition coefficient (Wildman–Crippen LogP) is 2.44. The SMILES string of the molecule is CC(Cl)C(=O)NCCNC(=O)C(C)Oc1ccc(C(C)C)cc1. The van der Waals surface area contributed by atoms with Gasteiger partial charge in [0.15, 0.2) is 6.10 Å². The highest BCUT2D eigenvalue weighted by molar-refractivity contribution is 6.30. The van der Waals surface area contributed by atoms with Gasteiger partial charge < -0.3 is 15.4 Å². The molecule has 1 aromatic carbocycles. The van der Waals surface area contributed by atoms with E-state index in [-0.39, 0.29) is 11.8 Å². The second-order valence-corrected chi connectivity index (χ2v) is 6.34. The van der Waals surface area contributed by atoms with Gasteiger partial charge in [0.1, 0.15) is 11.1 Å². The first-order valence-corrected chi connectivity index (χ1v) is 8.21. The first-order valence-electron chi connectivity index (χ1n) is 7.77. The molecule has 2 atom stereocenters. The van der Waals surface area contributed by atoms with Crippen molar-refractivity contribution >= 4 is 23.4 Å². The summed E-state index contributed by atoms with van der Waals surface area (Å²) >= 11 is 5.62. The Labute approximate surface area is 142 Å². The van der Waals surface area contributed by atoms with Crippen LogP contribution < -0.4 is 15.4 Å². The Morgan fingerprint density at radius 2 is 1.52 bits per heavy atom. The standard InChI is InChI=1S/C17H25ClN2O3/c1-11(2)14-5-7-15(8-6-14)23-13(4)17(22)20-10-9-19-16(21)12(3)18/h5-8,11-13H,9-10H2,1-4H3,(H,19,21)(H,20,22). The lowest BCUT2D eigenvalue weighted by atomic mass is 10.0. The van der Waals surface area contributed by atoms with E-state index in [0.29, 0.717) is 24.8 Å². The van der Waals surface area contributed by atoms with Crippen LogP contribution in [0.3, 0.4) is 0 Å². The monoisotopic (exact) mass is 340 g/mol. The van der Waals surface area contributed by atoms with Crippen molar-refractivity contribution in [3.63, 3.8) is 0 Å². The summed E-state index contributed by atoms with van der Waals surface area (Å²) in [7, 11) is 0. The van der Waals surface area contributed by atoms with Gasteiger partial charge in [0, 0.05) is 13.1 Å². The number of rotatable bonds is 8. The van der Waals surface area contributed by atoms with Crippen LogP contribution in [0.15, 0.2) is 24.3 Å². The maximum Gasteiger partial charge on any atom is 0.260 e. The molecule has 0 saturated heterocycles. The minimum absolute atomic E-state index is 0.230. The van der Waals surface area contributed by atoms with Crippen LogP contribution >= 0.6 is 11.6 Å². The highest BCUT2D eigenvalue weighted by Gasteiger charge is 2.14. The maximum atomic E-state index is 11.9. The number of nitrogens with one attached hydrogen (secondary N) is 2. The Balaban J connectivity index is 2.35. The third-order valence-electron chi connectivity index (χ3n) is 3.31. The second-order valence-electron chi connectivity index (χ2n) is 5.68. The van der Waals surface area contributed by atoms with E-state index in [2.05, 4.69) is 24.5 Å². The third-order valence-corrected chi connectivity index (χ3v) is 3.51. The Morgan fingerprint density at radius 1 is 1.00 bits per heavy atom. The van der Waals surface area contributed by atoms with Crippen LogP contribution in [0.2, 0.25) is 0 Å². The Morgan fingerprint density at radius 3 is 2.00 bits per heavy atom. The van der Waals surface area contributed by atoms with Crippen molar-refractivity contribution in [3.05, 3.63) is 29.8 Å². The van der Waals surface area contributed by atoms with Crippen LogP contribution in [0.4, 0.5) is 0 Å². The van der Waals surface area contributed by atoms with Crippen LogP contribution in [-0.4, -0.2) is 36.4 Å². The molecule has 0 aromatic heterocycles. The average molecular weight is 341 g/mol. The normalized spacial score (nSPS) is 13.3. The smallest absolute Gasteiger partial charge is 0.260 e. The molecule has 0 aliphatic heterocycles. The molecule has 0 bridgehead atoms. The van der Waals surface area contributed by atoms with Crippen molar-refractivity contribution in [3.8, 4) is 5.75 Å². The molecule has 0 radical (unpaired) electrons. The van der Waals surface area contributed by atoms with E-state index in [4.69, 9.17) is 16.3 Å². The number of carbonyl (C=O) groups is 2. The fraction of sp³-hybridized carbons (Fsp3) is 0.529. The van der Waals surface area contributed by atoms with E-state index < -0.39 is 11.5 Å². The van der Waals surface area contributed by atoms with Gasteiger partial charge in [0.25, 0.3) is 5.91 Å². The van der Waals surface area contributed by atoms with Gasteiger partial charge >= 0.3 is 0 Å². The molecule has 128 valence electrons. The Bertz CT molecular complexity index is 515. The maximum absolute atomic E-state index is 11.9. The molecule has 2 N–H and O–H groups in total.